The second-order valence-electron chi connectivity index (χ2n) is 4.22. The van der Waals surface area contributed by atoms with Gasteiger partial charge in [0, 0.05) is 11.5 Å². The number of rotatable bonds is 3. The lowest BCUT2D eigenvalue weighted by Crippen LogP contribution is -1.92. The van der Waals surface area contributed by atoms with Crippen LogP contribution in [0.25, 0.3) is 11.0 Å². The van der Waals surface area contributed by atoms with Crippen molar-refractivity contribution in [2.75, 3.05) is 7.11 Å². The van der Waals surface area contributed by atoms with Crippen molar-refractivity contribution in [3.8, 4) is 5.75 Å². The molecule has 0 saturated carbocycles. The third kappa shape index (κ3) is 1.99. The number of methoxy groups -OCH3 is 1. The predicted molar refractivity (Wildman–Crippen MR) is 61.3 cm³/mol. The molecule has 0 spiro atoms. The van der Waals surface area contributed by atoms with Crippen LogP contribution in [-0.4, -0.2) is 7.11 Å². The highest BCUT2D eigenvalue weighted by atomic mass is 16.5. The van der Waals surface area contributed by atoms with Gasteiger partial charge in [-0.25, -0.2) is 0 Å². The summed E-state index contributed by atoms with van der Waals surface area (Å²) in [7, 11) is 1.67. The average Bonchev–Trinajstić information content (AvgIpc) is 2.60. The Morgan fingerprint density at radius 3 is 2.80 bits per heavy atom. The zero-order valence-corrected chi connectivity index (χ0v) is 9.41. The predicted octanol–water partition coefficient (Wildman–Crippen LogP) is 3.64. The molecule has 0 unspecified atom stereocenters. The molecule has 2 nitrogen and oxygen atoms in total. The molecule has 2 heteroatoms. The highest BCUT2D eigenvalue weighted by Gasteiger charge is 2.08. The zero-order valence-electron chi connectivity index (χ0n) is 9.41. The van der Waals surface area contributed by atoms with Crippen LogP contribution in [0.4, 0.5) is 0 Å². The van der Waals surface area contributed by atoms with E-state index in [9.17, 15) is 0 Å². The van der Waals surface area contributed by atoms with Gasteiger partial charge in [0.2, 0.25) is 0 Å². The van der Waals surface area contributed by atoms with Crippen molar-refractivity contribution in [2.24, 2.45) is 5.92 Å². The first-order chi connectivity index (χ1) is 7.20. The van der Waals surface area contributed by atoms with E-state index in [1.165, 1.54) is 10.9 Å². The van der Waals surface area contributed by atoms with Crippen molar-refractivity contribution in [2.45, 2.75) is 20.3 Å². The molecule has 80 valence electrons. The van der Waals surface area contributed by atoms with Crippen LogP contribution in [0.1, 0.15) is 19.4 Å². The monoisotopic (exact) mass is 204 g/mol. The van der Waals surface area contributed by atoms with E-state index in [4.69, 9.17) is 9.15 Å². The van der Waals surface area contributed by atoms with Gasteiger partial charge in [0.05, 0.1) is 13.4 Å². The molecule has 1 aromatic carbocycles. The van der Waals surface area contributed by atoms with E-state index in [-0.39, 0.29) is 0 Å². The van der Waals surface area contributed by atoms with Crippen LogP contribution in [0.15, 0.2) is 28.9 Å². The Balaban J connectivity index is 2.43. The lowest BCUT2D eigenvalue weighted by molar-refractivity contribution is 0.414. The molecule has 0 amide bonds. The van der Waals surface area contributed by atoms with Crippen LogP contribution in [0.3, 0.4) is 0 Å². The molecule has 0 atom stereocenters. The fourth-order valence-electron chi connectivity index (χ4n) is 1.79. The molecule has 1 aromatic heterocycles. The van der Waals surface area contributed by atoms with Gasteiger partial charge in [-0.3, -0.25) is 0 Å². The number of fused-ring (bicyclic) bond motifs is 1. The summed E-state index contributed by atoms with van der Waals surface area (Å²) in [5.74, 6) is 1.49. The Kier molecular flexibility index (Phi) is 2.67. The van der Waals surface area contributed by atoms with Crippen LogP contribution < -0.4 is 4.74 Å². The van der Waals surface area contributed by atoms with Crippen molar-refractivity contribution in [1.82, 2.24) is 0 Å². The zero-order chi connectivity index (χ0) is 10.8. The molecule has 15 heavy (non-hydrogen) atoms. The lowest BCUT2D eigenvalue weighted by atomic mass is 10.0. The van der Waals surface area contributed by atoms with E-state index in [1.54, 1.807) is 7.11 Å². The van der Waals surface area contributed by atoms with Crippen molar-refractivity contribution in [3.05, 3.63) is 30.0 Å². The first kappa shape index (κ1) is 10.1. The molecular weight excluding hydrogens is 188 g/mol. The normalized spacial score (nSPS) is 11.2. The SMILES string of the molecule is COc1ccc2c(CC(C)C)coc2c1. The van der Waals surface area contributed by atoms with Crippen molar-refractivity contribution in [1.29, 1.82) is 0 Å². The van der Waals surface area contributed by atoms with E-state index in [0.717, 1.165) is 17.8 Å². The fraction of sp³-hybridized carbons (Fsp3) is 0.385. The number of furan rings is 1. The Morgan fingerprint density at radius 1 is 1.33 bits per heavy atom. The van der Waals surface area contributed by atoms with E-state index >= 15 is 0 Å². The summed E-state index contributed by atoms with van der Waals surface area (Å²) in [6.45, 7) is 4.42. The molecule has 0 bridgehead atoms. The quantitative estimate of drug-likeness (QED) is 0.761. The summed E-state index contributed by atoms with van der Waals surface area (Å²) in [5.41, 5.74) is 2.19. The number of hydrogen-bond donors (Lipinski definition) is 0. The Morgan fingerprint density at radius 2 is 2.13 bits per heavy atom. The smallest absolute Gasteiger partial charge is 0.137 e. The summed E-state index contributed by atoms with van der Waals surface area (Å²) in [6.07, 6.45) is 2.91. The van der Waals surface area contributed by atoms with Gasteiger partial charge in [0.25, 0.3) is 0 Å². The van der Waals surface area contributed by atoms with Gasteiger partial charge in [-0.2, -0.15) is 0 Å². The molecular formula is C13H16O2. The summed E-state index contributed by atoms with van der Waals surface area (Å²) in [5, 5.41) is 1.20. The van der Waals surface area contributed by atoms with Gasteiger partial charge in [0.15, 0.2) is 0 Å². The molecule has 0 radical (unpaired) electrons. The molecule has 0 fully saturated rings. The van der Waals surface area contributed by atoms with Crippen molar-refractivity contribution >= 4 is 11.0 Å². The fourth-order valence-corrected chi connectivity index (χ4v) is 1.79. The second kappa shape index (κ2) is 3.97. The van der Waals surface area contributed by atoms with E-state index in [2.05, 4.69) is 19.9 Å². The minimum Gasteiger partial charge on any atom is -0.497 e. The first-order valence-electron chi connectivity index (χ1n) is 5.25. The third-order valence-corrected chi connectivity index (χ3v) is 2.49. The molecule has 2 aromatic rings. The standard InChI is InChI=1S/C13H16O2/c1-9(2)6-10-8-15-13-7-11(14-3)4-5-12(10)13/h4-5,7-9H,6H2,1-3H3. The molecule has 0 aliphatic heterocycles. The van der Waals surface area contributed by atoms with E-state index in [0.29, 0.717) is 5.92 Å². The maximum absolute atomic E-state index is 5.51. The minimum atomic E-state index is 0.646. The van der Waals surface area contributed by atoms with Gasteiger partial charge in [-0.15, -0.1) is 0 Å². The Bertz CT molecular complexity index is 455. The van der Waals surface area contributed by atoms with Crippen LogP contribution in [0, 0.1) is 5.92 Å². The van der Waals surface area contributed by atoms with Gasteiger partial charge < -0.3 is 9.15 Å². The molecule has 0 aliphatic rings. The largest absolute Gasteiger partial charge is 0.497 e. The van der Waals surface area contributed by atoms with Crippen LogP contribution in [0.2, 0.25) is 0 Å². The topological polar surface area (TPSA) is 22.4 Å². The maximum atomic E-state index is 5.51. The van der Waals surface area contributed by atoms with Gasteiger partial charge >= 0.3 is 0 Å². The van der Waals surface area contributed by atoms with E-state index in [1.807, 2.05) is 18.4 Å². The summed E-state index contributed by atoms with van der Waals surface area (Å²) in [6, 6.07) is 5.97. The van der Waals surface area contributed by atoms with Gasteiger partial charge in [-0.05, 0) is 30.0 Å². The molecule has 1 heterocycles. The van der Waals surface area contributed by atoms with Crippen molar-refractivity contribution < 1.29 is 9.15 Å². The molecule has 0 saturated heterocycles. The van der Waals surface area contributed by atoms with Gasteiger partial charge in [0.1, 0.15) is 11.3 Å². The van der Waals surface area contributed by atoms with Gasteiger partial charge in [-0.1, -0.05) is 13.8 Å². The third-order valence-electron chi connectivity index (χ3n) is 2.49. The van der Waals surface area contributed by atoms with Crippen molar-refractivity contribution in [3.63, 3.8) is 0 Å². The van der Waals surface area contributed by atoms with Crippen LogP contribution in [-0.2, 0) is 6.42 Å². The Labute approximate surface area is 89.8 Å². The molecule has 0 N–H and O–H groups in total. The minimum absolute atomic E-state index is 0.646. The average molecular weight is 204 g/mol. The maximum Gasteiger partial charge on any atom is 0.137 e. The summed E-state index contributed by atoms with van der Waals surface area (Å²) in [4.78, 5) is 0. The van der Waals surface area contributed by atoms with Crippen LogP contribution >= 0.6 is 0 Å². The number of benzene rings is 1. The summed E-state index contributed by atoms with van der Waals surface area (Å²) >= 11 is 0. The van der Waals surface area contributed by atoms with E-state index < -0.39 is 0 Å². The highest BCUT2D eigenvalue weighted by molar-refractivity contribution is 5.82. The first-order valence-corrected chi connectivity index (χ1v) is 5.25. The molecule has 0 aliphatic carbocycles. The Hall–Kier alpha value is -1.44. The number of ether oxygens (including phenoxy) is 1. The van der Waals surface area contributed by atoms with Crippen LogP contribution in [0.5, 0.6) is 5.75 Å². The highest BCUT2D eigenvalue weighted by Crippen LogP contribution is 2.26. The lowest BCUT2D eigenvalue weighted by Gasteiger charge is -2.02. The number of hydrogen-bond acceptors (Lipinski definition) is 2. The second-order valence-corrected chi connectivity index (χ2v) is 4.22. The molecule has 2 rings (SSSR count). The summed E-state index contributed by atoms with van der Waals surface area (Å²) < 4.78 is 10.7.